The van der Waals surface area contributed by atoms with Crippen molar-refractivity contribution in [2.45, 2.75) is 69.1 Å². The van der Waals surface area contributed by atoms with Crippen LogP contribution in [0.25, 0.3) is 0 Å². The minimum atomic E-state index is -3.43. The number of amides is 1. The predicted octanol–water partition coefficient (Wildman–Crippen LogP) is 3.91. The molecule has 4 aliphatic heterocycles. The van der Waals surface area contributed by atoms with Gasteiger partial charge in [0, 0.05) is 38.5 Å². The Hall–Kier alpha value is -3.19. The summed E-state index contributed by atoms with van der Waals surface area (Å²) in [5.74, 6) is 1.45. The number of hydrazone groups is 1. The molecule has 11 nitrogen and oxygen atoms in total. The predicted molar refractivity (Wildman–Crippen MR) is 163 cm³/mol. The van der Waals surface area contributed by atoms with Crippen molar-refractivity contribution < 1.29 is 17.9 Å². The topological polar surface area (TPSA) is 119 Å². The number of ether oxygens (including phenoxy) is 1. The molecule has 13 heteroatoms. The summed E-state index contributed by atoms with van der Waals surface area (Å²) in [7, 11) is -1.47. The van der Waals surface area contributed by atoms with Gasteiger partial charge in [0.25, 0.3) is 0 Å². The number of rotatable bonds is 5. The molecule has 5 rings (SSSR count). The molecule has 0 spiro atoms. The SMILES string of the molecule is Cc1cc(N=C2NC(C3=CCCN(C(=O)OC(C)(C)C)C3)=CN3C2=NCC3C2C=NN(C)C2)sc1S(=O)(=O)C(C)C. The molecule has 222 valence electrons. The van der Waals surface area contributed by atoms with Crippen molar-refractivity contribution in [3.05, 3.63) is 35.2 Å². The van der Waals surface area contributed by atoms with Crippen molar-refractivity contribution in [1.82, 2.24) is 20.1 Å². The van der Waals surface area contributed by atoms with Crippen molar-refractivity contribution in [3.8, 4) is 0 Å². The minimum Gasteiger partial charge on any atom is -0.444 e. The van der Waals surface area contributed by atoms with Gasteiger partial charge >= 0.3 is 6.09 Å². The van der Waals surface area contributed by atoms with Gasteiger partial charge in [0.1, 0.15) is 14.8 Å². The fraction of sp³-hybridized carbons (Fsp3) is 0.571. The highest BCUT2D eigenvalue weighted by Gasteiger charge is 2.40. The Kier molecular flexibility index (Phi) is 7.79. The van der Waals surface area contributed by atoms with E-state index in [0.717, 1.165) is 17.8 Å². The van der Waals surface area contributed by atoms with E-state index in [0.29, 0.717) is 52.5 Å². The maximum atomic E-state index is 12.9. The quantitative estimate of drug-likeness (QED) is 0.544. The lowest BCUT2D eigenvalue weighted by molar-refractivity contribution is 0.0263. The Labute approximate surface area is 246 Å². The van der Waals surface area contributed by atoms with Crippen molar-refractivity contribution >= 4 is 50.2 Å². The summed E-state index contributed by atoms with van der Waals surface area (Å²) in [5, 5.41) is 9.91. The second kappa shape index (κ2) is 10.9. The average Bonchev–Trinajstić information content (AvgIpc) is 3.61. The Morgan fingerprint density at radius 2 is 2.05 bits per heavy atom. The summed E-state index contributed by atoms with van der Waals surface area (Å²) in [6, 6.07) is 1.88. The largest absolute Gasteiger partial charge is 0.444 e. The normalized spacial score (nSPS) is 24.0. The number of aryl methyl sites for hydroxylation is 1. The molecular weight excluding hydrogens is 562 g/mol. The van der Waals surface area contributed by atoms with E-state index >= 15 is 0 Å². The molecule has 2 unspecified atom stereocenters. The van der Waals surface area contributed by atoms with E-state index in [2.05, 4.69) is 27.6 Å². The Balaban J connectivity index is 1.48. The second-order valence-electron chi connectivity index (χ2n) is 12.1. The molecule has 0 aromatic carbocycles. The number of nitrogens with one attached hydrogen (secondary N) is 1. The fourth-order valence-corrected chi connectivity index (χ4v) is 8.17. The highest BCUT2D eigenvalue weighted by molar-refractivity contribution is 7.94. The van der Waals surface area contributed by atoms with Crippen LogP contribution in [0.3, 0.4) is 0 Å². The van der Waals surface area contributed by atoms with E-state index in [1.54, 1.807) is 25.7 Å². The maximum absolute atomic E-state index is 12.9. The van der Waals surface area contributed by atoms with Gasteiger partial charge in [-0.2, -0.15) is 5.10 Å². The molecule has 0 aliphatic carbocycles. The Bertz CT molecular complexity index is 1480. The molecule has 1 aromatic heterocycles. The summed E-state index contributed by atoms with van der Waals surface area (Å²) in [6.07, 6.45) is 6.53. The number of carbonyl (C=O) groups is 1. The van der Waals surface area contributed by atoms with Crippen LogP contribution in [-0.2, 0) is 14.6 Å². The van der Waals surface area contributed by atoms with Crippen molar-refractivity contribution in [3.63, 3.8) is 0 Å². The van der Waals surface area contributed by atoms with Gasteiger partial charge in [-0.25, -0.2) is 18.2 Å². The number of sulfone groups is 1. The highest BCUT2D eigenvalue weighted by Crippen LogP contribution is 2.36. The molecule has 0 fully saturated rings. The first-order valence-corrected chi connectivity index (χ1v) is 16.3. The van der Waals surface area contributed by atoms with Crippen LogP contribution in [0.4, 0.5) is 9.80 Å². The van der Waals surface area contributed by atoms with Crippen LogP contribution < -0.4 is 5.32 Å². The molecule has 5 heterocycles. The lowest BCUT2D eigenvalue weighted by atomic mass is 9.99. The summed E-state index contributed by atoms with van der Waals surface area (Å²) in [5.41, 5.74) is 1.90. The lowest BCUT2D eigenvalue weighted by Crippen LogP contribution is -2.50. The first kappa shape index (κ1) is 29.3. The zero-order valence-corrected chi connectivity index (χ0v) is 26.3. The van der Waals surface area contributed by atoms with Crippen LogP contribution in [-0.4, -0.2) is 97.3 Å². The van der Waals surface area contributed by atoms with Crippen LogP contribution >= 0.6 is 11.3 Å². The van der Waals surface area contributed by atoms with Crippen molar-refractivity contribution in [1.29, 1.82) is 0 Å². The molecular formula is C28H39N7O4S2. The van der Waals surface area contributed by atoms with Crippen molar-refractivity contribution in [2.24, 2.45) is 21.0 Å². The number of hydrogen-bond acceptors (Lipinski definition) is 10. The average molecular weight is 602 g/mol. The molecule has 41 heavy (non-hydrogen) atoms. The van der Waals surface area contributed by atoms with Gasteiger partial charge in [0.2, 0.25) is 0 Å². The summed E-state index contributed by atoms with van der Waals surface area (Å²) in [4.78, 5) is 26.5. The second-order valence-corrected chi connectivity index (χ2v) is 15.8. The first-order valence-electron chi connectivity index (χ1n) is 13.9. The molecule has 0 bridgehead atoms. The number of nitrogens with zero attached hydrogens (tertiary/aromatic N) is 6. The third-order valence-electron chi connectivity index (χ3n) is 7.30. The van der Waals surface area contributed by atoms with Crippen molar-refractivity contribution in [2.75, 3.05) is 33.2 Å². The molecule has 0 saturated heterocycles. The van der Waals surface area contributed by atoms with Gasteiger partial charge < -0.3 is 19.9 Å². The zero-order valence-electron chi connectivity index (χ0n) is 24.7. The number of amidine groups is 2. The minimum absolute atomic E-state index is 0.0640. The van der Waals surface area contributed by atoms with Crippen LogP contribution in [0, 0.1) is 12.8 Å². The highest BCUT2D eigenvalue weighted by atomic mass is 32.2. The molecule has 4 aliphatic rings. The Morgan fingerprint density at radius 3 is 2.71 bits per heavy atom. The molecule has 1 amide bonds. The van der Waals surface area contributed by atoms with Crippen LogP contribution in [0.1, 0.15) is 46.6 Å². The first-order chi connectivity index (χ1) is 19.2. The number of thiophene rings is 1. The van der Waals surface area contributed by atoms with Gasteiger partial charge in [0.05, 0.1) is 30.1 Å². The molecule has 2 atom stereocenters. The van der Waals surface area contributed by atoms with Gasteiger partial charge in [-0.3, -0.25) is 10.0 Å². The zero-order chi connectivity index (χ0) is 29.7. The Morgan fingerprint density at radius 1 is 1.29 bits per heavy atom. The lowest BCUT2D eigenvalue weighted by Gasteiger charge is -2.35. The fourth-order valence-electron chi connectivity index (χ4n) is 5.15. The summed E-state index contributed by atoms with van der Waals surface area (Å²) in [6.45, 7) is 13.1. The number of aliphatic imine (C=N–C) groups is 2. The molecule has 0 saturated carbocycles. The van der Waals surface area contributed by atoms with E-state index in [-0.39, 0.29) is 18.1 Å². The standard InChI is InChI=1S/C28H39N7O4S2/c1-17(2)41(37,38)26-18(3)11-23(40-26)32-24-25-29-13-22(20-12-30-33(7)14-20)35(25)16-21(31-24)19-9-8-10-34(15-19)27(36)39-28(4,5)6/h9,11-12,16-17,20,22H,8,10,13-15H2,1-7H3,(H,31,32). The smallest absolute Gasteiger partial charge is 0.410 e. The monoisotopic (exact) mass is 601 g/mol. The third kappa shape index (κ3) is 6.06. The third-order valence-corrected chi connectivity index (χ3v) is 11.2. The van der Waals surface area contributed by atoms with Gasteiger partial charge in [0.15, 0.2) is 21.5 Å². The number of fused-ring (bicyclic) bond motifs is 1. The van der Waals surface area contributed by atoms with E-state index in [1.807, 2.05) is 45.1 Å². The van der Waals surface area contributed by atoms with Crippen LogP contribution in [0.2, 0.25) is 0 Å². The molecule has 1 aromatic rings. The molecule has 1 N–H and O–H groups in total. The van der Waals surface area contributed by atoms with E-state index in [9.17, 15) is 13.2 Å². The summed E-state index contributed by atoms with van der Waals surface area (Å²) < 4.78 is 31.8. The van der Waals surface area contributed by atoms with Crippen LogP contribution in [0.15, 0.2) is 48.9 Å². The van der Waals surface area contributed by atoms with E-state index in [1.165, 1.54) is 11.3 Å². The van der Waals surface area contributed by atoms with Gasteiger partial charge in [-0.1, -0.05) is 6.08 Å². The van der Waals surface area contributed by atoms with E-state index < -0.39 is 20.7 Å². The maximum Gasteiger partial charge on any atom is 0.410 e. The molecule has 0 radical (unpaired) electrons. The van der Waals surface area contributed by atoms with Gasteiger partial charge in [-0.05, 0) is 65.2 Å². The van der Waals surface area contributed by atoms with Crippen LogP contribution in [0.5, 0.6) is 0 Å². The summed E-state index contributed by atoms with van der Waals surface area (Å²) >= 11 is 1.18. The number of carbonyl (C=O) groups excluding carboxylic acids is 1. The van der Waals surface area contributed by atoms with Gasteiger partial charge in [-0.15, -0.1) is 11.3 Å². The van der Waals surface area contributed by atoms with E-state index in [4.69, 9.17) is 14.7 Å². The number of hydrogen-bond donors (Lipinski definition) is 1.